The minimum atomic E-state index is -0.373. The summed E-state index contributed by atoms with van der Waals surface area (Å²) < 4.78 is 6.71. The lowest BCUT2D eigenvalue weighted by Gasteiger charge is -2.16. The molecule has 134 valence electrons. The maximum absolute atomic E-state index is 12.8. The average molecular weight is 361 g/mol. The van der Waals surface area contributed by atoms with Gasteiger partial charge in [0.15, 0.2) is 5.16 Å². The fourth-order valence-electron chi connectivity index (χ4n) is 2.33. The lowest BCUT2D eigenvalue weighted by molar-refractivity contribution is -0.120. The summed E-state index contributed by atoms with van der Waals surface area (Å²) in [4.78, 5) is 29.5. The number of hydrogen-bond acceptors (Lipinski definition) is 5. The molecule has 0 spiro atoms. The SMILES string of the molecule is C=CCNC(=O)C(C)Sc1nc2ccccc2c(=O)n1CCCOC. The molecular formula is C18H23N3O3S. The smallest absolute Gasteiger partial charge is 0.262 e. The monoisotopic (exact) mass is 361 g/mol. The van der Waals surface area contributed by atoms with Crippen LogP contribution < -0.4 is 10.9 Å². The number of nitrogens with zero attached hydrogens (tertiary/aromatic N) is 2. The van der Waals surface area contributed by atoms with Crippen LogP contribution in [0.25, 0.3) is 10.9 Å². The van der Waals surface area contributed by atoms with Gasteiger partial charge in [-0.1, -0.05) is 30.0 Å². The fraction of sp³-hybridized carbons (Fsp3) is 0.389. The van der Waals surface area contributed by atoms with Gasteiger partial charge in [-0.2, -0.15) is 0 Å². The molecule has 1 aromatic carbocycles. The van der Waals surface area contributed by atoms with E-state index < -0.39 is 0 Å². The summed E-state index contributed by atoms with van der Waals surface area (Å²) >= 11 is 1.28. The predicted octanol–water partition coefficient (Wildman–Crippen LogP) is 2.22. The molecule has 0 bridgehead atoms. The molecule has 1 amide bonds. The summed E-state index contributed by atoms with van der Waals surface area (Å²) in [5.74, 6) is -0.115. The van der Waals surface area contributed by atoms with Gasteiger partial charge in [0.1, 0.15) is 0 Å². The van der Waals surface area contributed by atoms with Gasteiger partial charge in [-0.05, 0) is 25.5 Å². The van der Waals surface area contributed by atoms with Gasteiger partial charge in [0.05, 0.1) is 16.2 Å². The molecule has 0 fully saturated rings. The van der Waals surface area contributed by atoms with E-state index in [4.69, 9.17) is 4.74 Å². The lowest BCUT2D eigenvalue weighted by Crippen LogP contribution is -2.32. The molecule has 0 radical (unpaired) electrons. The van der Waals surface area contributed by atoms with Crippen molar-refractivity contribution in [3.8, 4) is 0 Å². The summed E-state index contributed by atoms with van der Waals surface area (Å²) in [7, 11) is 1.63. The van der Waals surface area contributed by atoms with Crippen LogP contribution in [0.2, 0.25) is 0 Å². The molecule has 0 aliphatic heterocycles. The highest BCUT2D eigenvalue weighted by atomic mass is 32.2. The van der Waals surface area contributed by atoms with Crippen LogP contribution in [0.1, 0.15) is 13.3 Å². The second kappa shape index (κ2) is 9.39. The summed E-state index contributed by atoms with van der Waals surface area (Å²) in [6.07, 6.45) is 2.32. The Labute approximate surface area is 151 Å². The minimum Gasteiger partial charge on any atom is -0.385 e. The van der Waals surface area contributed by atoms with Crippen LogP contribution in [0.4, 0.5) is 0 Å². The molecule has 1 unspecified atom stereocenters. The second-order valence-electron chi connectivity index (χ2n) is 5.51. The standard InChI is InChI=1S/C18H23N3O3S/c1-4-10-19-16(22)13(2)25-18-20-15-9-6-5-8-14(15)17(23)21(18)11-7-12-24-3/h4-6,8-9,13H,1,7,10-12H2,2-3H3,(H,19,22). The summed E-state index contributed by atoms with van der Waals surface area (Å²) in [5, 5.41) is 3.51. The van der Waals surface area contributed by atoms with E-state index in [1.54, 1.807) is 30.7 Å². The zero-order valence-electron chi connectivity index (χ0n) is 14.5. The fourth-order valence-corrected chi connectivity index (χ4v) is 3.29. The Hall–Kier alpha value is -2.12. The molecule has 25 heavy (non-hydrogen) atoms. The number of fused-ring (bicyclic) bond motifs is 1. The quantitative estimate of drug-likeness (QED) is 0.321. The molecule has 1 atom stereocenters. The van der Waals surface area contributed by atoms with E-state index in [1.807, 2.05) is 18.2 Å². The van der Waals surface area contributed by atoms with Crippen LogP contribution in [0.15, 0.2) is 46.9 Å². The maximum atomic E-state index is 12.8. The minimum absolute atomic E-state index is 0.0945. The van der Waals surface area contributed by atoms with Crippen LogP contribution in [0.3, 0.4) is 0 Å². The highest BCUT2D eigenvalue weighted by molar-refractivity contribution is 8.00. The van der Waals surface area contributed by atoms with E-state index in [9.17, 15) is 9.59 Å². The van der Waals surface area contributed by atoms with Gasteiger partial charge in [0, 0.05) is 26.8 Å². The van der Waals surface area contributed by atoms with Gasteiger partial charge in [-0.25, -0.2) is 4.98 Å². The number of ether oxygens (including phenoxy) is 1. The van der Waals surface area contributed by atoms with E-state index in [0.29, 0.717) is 42.2 Å². The van der Waals surface area contributed by atoms with Crippen LogP contribution in [-0.4, -0.2) is 41.0 Å². The van der Waals surface area contributed by atoms with E-state index in [2.05, 4.69) is 16.9 Å². The Morgan fingerprint density at radius 2 is 2.24 bits per heavy atom. The first-order valence-electron chi connectivity index (χ1n) is 8.12. The van der Waals surface area contributed by atoms with E-state index in [0.717, 1.165) is 0 Å². The van der Waals surface area contributed by atoms with Crippen molar-refractivity contribution in [2.45, 2.75) is 30.3 Å². The topological polar surface area (TPSA) is 73.2 Å². The highest BCUT2D eigenvalue weighted by Crippen LogP contribution is 2.22. The van der Waals surface area contributed by atoms with E-state index >= 15 is 0 Å². The number of methoxy groups -OCH3 is 1. The van der Waals surface area contributed by atoms with Crippen molar-refractivity contribution in [2.75, 3.05) is 20.3 Å². The Bertz CT molecular complexity index is 804. The number of thioether (sulfide) groups is 1. The van der Waals surface area contributed by atoms with E-state index in [-0.39, 0.29) is 16.7 Å². The summed E-state index contributed by atoms with van der Waals surface area (Å²) in [6, 6.07) is 7.25. The Balaban J connectivity index is 2.35. The number of carbonyl (C=O) groups is 1. The van der Waals surface area contributed by atoms with Gasteiger partial charge in [0.25, 0.3) is 5.56 Å². The van der Waals surface area contributed by atoms with Crippen LogP contribution >= 0.6 is 11.8 Å². The van der Waals surface area contributed by atoms with Gasteiger partial charge in [0.2, 0.25) is 5.91 Å². The number of para-hydroxylation sites is 1. The number of benzene rings is 1. The summed E-state index contributed by atoms with van der Waals surface area (Å²) in [6.45, 7) is 6.84. The molecule has 6 nitrogen and oxygen atoms in total. The molecule has 7 heteroatoms. The molecule has 0 aliphatic rings. The molecule has 0 saturated carbocycles. The van der Waals surface area contributed by atoms with Crippen molar-refractivity contribution < 1.29 is 9.53 Å². The van der Waals surface area contributed by atoms with Crippen LogP contribution in [0.5, 0.6) is 0 Å². The first-order chi connectivity index (χ1) is 12.1. The molecule has 0 aliphatic carbocycles. The molecule has 1 aromatic heterocycles. The molecule has 1 N–H and O–H groups in total. The second-order valence-corrected chi connectivity index (χ2v) is 6.82. The Morgan fingerprint density at radius 1 is 1.48 bits per heavy atom. The summed E-state index contributed by atoms with van der Waals surface area (Å²) in [5.41, 5.74) is 0.541. The van der Waals surface area contributed by atoms with E-state index in [1.165, 1.54) is 11.8 Å². The largest absolute Gasteiger partial charge is 0.385 e. The predicted molar refractivity (Wildman–Crippen MR) is 101 cm³/mol. The average Bonchev–Trinajstić information content (AvgIpc) is 2.62. The van der Waals surface area contributed by atoms with Crippen molar-refractivity contribution in [1.82, 2.24) is 14.9 Å². The van der Waals surface area contributed by atoms with Crippen molar-refractivity contribution in [3.63, 3.8) is 0 Å². The third-order valence-corrected chi connectivity index (χ3v) is 4.72. The first-order valence-corrected chi connectivity index (χ1v) is 9.00. The van der Waals surface area contributed by atoms with Crippen molar-refractivity contribution in [3.05, 3.63) is 47.3 Å². The van der Waals surface area contributed by atoms with Crippen molar-refractivity contribution >= 4 is 28.6 Å². The Kier molecular flexibility index (Phi) is 7.21. The lowest BCUT2D eigenvalue weighted by atomic mass is 10.2. The zero-order valence-corrected chi connectivity index (χ0v) is 15.3. The molecular weight excluding hydrogens is 338 g/mol. The third-order valence-electron chi connectivity index (χ3n) is 3.63. The number of rotatable bonds is 9. The highest BCUT2D eigenvalue weighted by Gasteiger charge is 2.18. The number of aromatic nitrogens is 2. The van der Waals surface area contributed by atoms with Gasteiger partial charge in [-0.3, -0.25) is 14.2 Å². The number of nitrogens with one attached hydrogen (secondary N) is 1. The van der Waals surface area contributed by atoms with Crippen LogP contribution in [-0.2, 0) is 16.1 Å². The molecule has 2 aromatic rings. The third kappa shape index (κ3) is 4.93. The first kappa shape index (κ1) is 19.2. The van der Waals surface area contributed by atoms with Crippen molar-refractivity contribution in [1.29, 1.82) is 0 Å². The maximum Gasteiger partial charge on any atom is 0.262 e. The normalized spacial score (nSPS) is 12.1. The Morgan fingerprint density at radius 3 is 2.96 bits per heavy atom. The molecule has 2 rings (SSSR count). The zero-order chi connectivity index (χ0) is 18.2. The number of hydrogen-bond donors (Lipinski definition) is 1. The number of carbonyl (C=O) groups excluding carboxylic acids is 1. The number of amides is 1. The van der Waals surface area contributed by atoms with Gasteiger partial charge >= 0.3 is 0 Å². The van der Waals surface area contributed by atoms with Gasteiger partial charge < -0.3 is 10.1 Å². The molecule has 1 heterocycles. The van der Waals surface area contributed by atoms with Crippen molar-refractivity contribution in [2.24, 2.45) is 0 Å². The van der Waals surface area contributed by atoms with Crippen LogP contribution in [0, 0.1) is 0 Å². The molecule has 0 saturated heterocycles. The van der Waals surface area contributed by atoms with Gasteiger partial charge in [-0.15, -0.1) is 6.58 Å².